The molecule has 4 rings (SSSR count). The monoisotopic (exact) mass is 370 g/mol. The Labute approximate surface area is 159 Å². The molecule has 144 valence electrons. The van der Waals surface area contributed by atoms with E-state index in [1.807, 2.05) is 30.9 Å². The summed E-state index contributed by atoms with van der Waals surface area (Å²) < 4.78 is 13.0. The summed E-state index contributed by atoms with van der Waals surface area (Å²) in [6.07, 6.45) is 0. The minimum absolute atomic E-state index is 0.139. The third-order valence-electron chi connectivity index (χ3n) is 5.13. The second-order valence-corrected chi connectivity index (χ2v) is 7.22. The molecule has 2 aliphatic rings. The number of nitrogens with zero attached hydrogens (tertiary/aromatic N) is 4. The molecule has 0 N–H and O–H groups in total. The molecule has 0 aliphatic carbocycles. The molecule has 3 heterocycles. The summed E-state index contributed by atoms with van der Waals surface area (Å²) in [6, 6.07) is 8.14. The summed E-state index contributed by atoms with van der Waals surface area (Å²) >= 11 is 0. The van der Waals surface area contributed by atoms with Gasteiger partial charge >= 0.3 is 0 Å². The molecule has 1 fully saturated rings. The normalized spacial score (nSPS) is 17.2. The lowest BCUT2D eigenvalue weighted by molar-refractivity contribution is -0.133. The molecule has 27 heavy (non-hydrogen) atoms. The van der Waals surface area contributed by atoms with Gasteiger partial charge in [-0.2, -0.15) is 5.10 Å². The quantitative estimate of drug-likeness (QED) is 0.819. The Morgan fingerprint density at radius 1 is 1.04 bits per heavy atom. The van der Waals surface area contributed by atoms with Crippen LogP contribution >= 0.6 is 0 Å². The van der Waals surface area contributed by atoms with Crippen molar-refractivity contribution in [1.29, 1.82) is 0 Å². The van der Waals surface area contributed by atoms with E-state index < -0.39 is 0 Å². The first kappa shape index (κ1) is 17.9. The van der Waals surface area contributed by atoms with Gasteiger partial charge in [0, 0.05) is 38.4 Å². The predicted octanol–water partition coefficient (Wildman–Crippen LogP) is 1.62. The summed E-state index contributed by atoms with van der Waals surface area (Å²) in [5, 5.41) is 4.39. The number of ether oxygens (including phenoxy) is 2. The van der Waals surface area contributed by atoms with Crippen molar-refractivity contribution in [3.63, 3.8) is 0 Å². The lowest BCUT2D eigenvalue weighted by Crippen LogP contribution is -2.49. The van der Waals surface area contributed by atoms with Gasteiger partial charge in [-0.1, -0.05) is 6.07 Å². The Morgan fingerprint density at radius 3 is 2.48 bits per heavy atom. The third-order valence-corrected chi connectivity index (χ3v) is 5.13. The van der Waals surface area contributed by atoms with Crippen molar-refractivity contribution in [2.45, 2.75) is 26.9 Å². The zero-order valence-corrected chi connectivity index (χ0v) is 16.0. The van der Waals surface area contributed by atoms with Gasteiger partial charge in [-0.25, -0.2) is 0 Å². The lowest BCUT2D eigenvalue weighted by atomic mass is 10.1. The largest absolute Gasteiger partial charge is 0.486 e. The van der Waals surface area contributed by atoms with Crippen LogP contribution in [0.2, 0.25) is 0 Å². The summed E-state index contributed by atoms with van der Waals surface area (Å²) in [6.45, 7) is 9.58. The van der Waals surface area contributed by atoms with Crippen molar-refractivity contribution < 1.29 is 14.3 Å². The second-order valence-electron chi connectivity index (χ2n) is 7.22. The van der Waals surface area contributed by atoms with Gasteiger partial charge < -0.3 is 14.4 Å². The number of amides is 1. The average molecular weight is 370 g/mol. The van der Waals surface area contributed by atoms with Crippen molar-refractivity contribution in [2.24, 2.45) is 0 Å². The third kappa shape index (κ3) is 4.08. The number of piperazine rings is 1. The fourth-order valence-corrected chi connectivity index (χ4v) is 3.66. The molecule has 7 heteroatoms. The minimum atomic E-state index is 0.139. The number of hydrogen-bond donors (Lipinski definition) is 0. The Hall–Kier alpha value is -2.54. The van der Waals surface area contributed by atoms with Crippen molar-refractivity contribution >= 4 is 5.91 Å². The van der Waals surface area contributed by atoms with Crippen LogP contribution in [0.1, 0.15) is 17.0 Å². The van der Waals surface area contributed by atoms with E-state index >= 15 is 0 Å². The number of carbonyl (C=O) groups is 1. The van der Waals surface area contributed by atoms with Gasteiger partial charge in [0.2, 0.25) is 5.91 Å². The van der Waals surface area contributed by atoms with E-state index in [0.717, 1.165) is 55.6 Å². The summed E-state index contributed by atoms with van der Waals surface area (Å²) in [4.78, 5) is 16.9. The van der Waals surface area contributed by atoms with E-state index in [9.17, 15) is 4.79 Å². The molecule has 1 aromatic carbocycles. The van der Waals surface area contributed by atoms with Crippen molar-refractivity contribution in [1.82, 2.24) is 19.6 Å². The number of aryl methyl sites for hydroxylation is 2. The molecule has 0 spiro atoms. The Balaban J connectivity index is 1.30. The summed E-state index contributed by atoms with van der Waals surface area (Å²) in [5.74, 6) is 1.79. The number of aromatic nitrogens is 2. The SMILES string of the molecule is Cc1cc(C)n(CC(=O)N2CCN(Cc3ccc4c(c3)OCCO4)CC2)n1. The highest BCUT2D eigenvalue weighted by Crippen LogP contribution is 2.31. The van der Waals surface area contributed by atoms with Gasteiger partial charge in [0.05, 0.1) is 5.69 Å². The Bertz CT molecular complexity index is 825. The number of fused-ring (bicyclic) bond motifs is 1. The molecule has 1 saturated heterocycles. The van der Waals surface area contributed by atoms with E-state index in [2.05, 4.69) is 22.1 Å². The minimum Gasteiger partial charge on any atom is -0.486 e. The first-order valence-electron chi connectivity index (χ1n) is 9.48. The van der Waals surface area contributed by atoms with E-state index in [-0.39, 0.29) is 5.91 Å². The molecule has 7 nitrogen and oxygen atoms in total. The molecule has 1 amide bonds. The van der Waals surface area contributed by atoms with Crippen LogP contribution in [-0.2, 0) is 17.9 Å². The maximum atomic E-state index is 12.6. The van der Waals surface area contributed by atoms with Gasteiger partial charge in [0.1, 0.15) is 19.8 Å². The molecule has 2 aliphatic heterocycles. The van der Waals surface area contributed by atoms with Crippen LogP contribution in [0.4, 0.5) is 0 Å². The van der Waals surface area contributed by atoms with Crippen LogP contribution < -0.4 is 9.47 Å². The van der Waals surface area contributed by atoms with Crippen molar-refractivity contribution in [2.75, 3.05) is 39.4 Å². The molecule has 0 radical (unpaired) electrons. The topological polar surface area (TPSA) is 59.8 Å². The second kappa shape index (κ2) is 7.60. The highest BCUT2D eigenvalue weighted by atomic mass is 16.6. The zero-order valence-electron chi connectivity index (χ0n) is 16.0. The molecule has 0 unspecified atom stereocenters. The fraction of sp³-hybridized carbons (Fsp3) is 0.500. The van der Waals surface area contributed by atoms with Crippen molar-refractivity contribution in [3.05, 3.63) is 41.2 Å². The van der Waals surface area contributed by atoms with Crippen LogP contribution in [0.3, 0.4) is 0 Å². The molecule has 0 saturated carbocycles. The number of rotatable bonds is 4. The van der Waals surface area contributed by atoms with Gasteiger partial charge in [-0.15, -0.1) is 0 Å². The van der Waals surface area contributed by atoms with Gasteiger partial charge in [-0.3, -0.25) is 14.4 Å². The molecule has 2 aromatic rings. The first-order chi connectivity index (χ1) is 13.1. The molecular weight excluding hydrogens is 344 g/mol. The Kier molecular flexibility index (Phi) is 5.03. The zero-order chi connectivity index (χ0) is 18.8. The number of hydrogen-bond acceptors (Lipinski definition) is 5. The van der Waals surface area contributed by atoms with Gasteiger partial charge in [0.25, 0.3) is 0 Å². The smallest absolute Gasteiger partial charge is 0.244 e. The maximum Gasteiger partial charge on any atom is 0.244 e. The lowest BCUT2D eigenvalue weighted by Gasteiger charge is -2.35. The van der Waals surface area contributed by atoms with E-state index in [1.165, 1.54) is 5.56 Å². The van der Waals surface area contributed by atoms with Gasteiger partial charge in [0.15, 0.2) is 11.5 Å². The van der Waals surface area contributed by atoms with Crippen LogP contribution in [0.5, 0.6) is 11.5 Å². The van der Waals surface area contributed by atoms with E-state index in [0.29, 0.717) is 19.8 Å². The molecular formula is C20H26N4O3. The summed E-state index contributed by atoms with van der Waals surface area (Å²) in [5.41, 5.74) is 3.18. The van der Waals surface area contributed by atoms with Gasteiger partial charge in [-0.05, 0) is 37.6 Å². The molecule has 0 atom stereocenters. The van der Waals surface area contributed by atoms with Crippen LogP contribution in [0.15, 0.2) is 24.3 Å². The standard InChI is InChI=1S/C20H26N4O3/c1-15-11-16(2)24(21-15)14-20(25)23-7-5-22(6-8-23)13-17-3-4-18-19(12-17)27-10-9-26-18/h3-4,11-12H,5-10,13-14H2,1-2H3. The van der Waals surface area contributed by atoms with Crippen LogP contribution in [0, 0.1) is 13.8 Å². The highest BCUT2D eigenvalue weighted by molar-refractivity contribution is 5.76. The summed E-state index contributed by atoms with van der Waals surface area (Å²) in [7, 11) is 0. The number of benzene rings is 1. The van der Waals surface area contributed by atoms with E-state index in [1.54, 1.807) is 4.68 Å². The fourth-order valence-electron chi connectivity index (χ4n) is 3.66. The molecule has 0 bridgehead atoms. The number of carbonyl (C=O) groups excluding carboxylic acids is 1. The predicted molar refractivity (Wildman–Crippen MR) is 101 cm³/mol. The van der Waals surface area contributed by atoms with Crippen molar-refractivity contribution in [3.8, 4) is 11.5 Å². The Morgan fingerprint density at radius 2 is 1.78 bits per heavy atom. The van der Waals surface area contributed by atoms with Crippen LogP contribution in [0.25, 0.3) is 0 Å². The average Bonchev–Trinajstić information content (AvgIpc) is 2.99. The van der Waals surface area contributed by atoms with Crippen LogP contribution in [-0.4, -0.2) is 64.9 Å². The van der Waals surface area contributed by atoms with E-state index in [4.69, 9.17) is 9.47 Å². The molecule has 1 aromatic heterocycles. The maximum absolute atomic E-state index is 12.6. The first-order valence-corrected chi connectivity index (χ1v) is 9.48. The highest BCUT2D eigenvalue weighted by Gasteiger charge is 2.22.